The van der Waals surface area contributed by atoms with Crippen molar-refractivity contribution in [3.8, 4) is 0 Å². The average Bonchev–Trinajstić information content (AvgIpc) is 3.14. The van der Waals surface area contributed by atoms with Gasteiger partial charge in [-0.15, -0.1) is 0 Å². The molecule has 13 heteroatoms. The normalized spacial score (nSPS) is 21.8. The minimum Gasteiger partial charge on any atom is -0.457 e. The number of esters is 1. The van der Waals surface area contributed by atoms with E-state index in [0.29, 0.717) is 13.0 Å². The highest BCUT2D eigenvalue weighted by atomic mass is 32.3. The fraction of sp³-hybridized carbons (Fsp3) is 0.732. The summed E-state index contributed by atoms with van der Waals surface area (Å²) < 4.78 is 58.7. The van der Waals surface area contributed by atoms with Gasteiger partial charge in [0, 0.05) is 6.61 Å². The second-order valence-electron chi connectivity index (χ2n) is 13.5. The Morgan fingerprint density at radius 3 is 1.70 bits per heavy atom. The Morgan fingerprint density at radius 1 is 0.704 bits per heavy atom. The predicted molar refractivity (Wildman–Crippen MR) is 211 cm³/mol. The van der Waals surface area contributed by atoms with Gasteiger partial charge in [0.2, 0.25) is 0 Å². The third-order valence-electron chi connectivity index (χ3n) is 8.69. The van der Waals surface area contributed by atoms with E-state index < -0.39 is 59.8 Å². The van der Waals surface area contributed by atoms with Crippen LogP contribution in [0.15, 0.2) is 60.8 Å². The van der Waals surface area contributed by atoms with E-state index in [-0.39, 0.29) is 19.6 Å². The summed E-state index contributed by atoms with van der Waals surface area (Å²) >= 11 is 0. The van der Waals surface area contributed by atoms with Gasteiger partial charge in [-0.3, -0.25) is 9.35 Å². The number of rotatable bonds is 33. The lowest BCUT2D eigenvalue weighted by molar-refractivity contribution is -0.301. The van der Waals surface area contributed by atoms with Gasteiger partial charge in [-0.2, -0.15) is 8.42 Å². The number of carbonyl (C=O) groups is 1. The number of unbranched alkanes of at least 4 members (excludes halogenated alkanes) is 11. The van der Waals surface area contributed by atoms with E-state index in [1.165, 1.54) is 57.8 Å². The van der Waals surface area contributed by atoms with Gasteiger partial charge in [0.15, 0.2) is 6.29 Å². The van der Waals surface area contributed by atoms with Crippen molar-refractivity contribution in [1.82, 2.24) is 0 Å². The van der Waals surface area contributed by atoms with Crippen LogP contribution in [0.5, 0.6) is 0 Å². The van der Waals surface area contributed by atoms with E-state index in [0.717, 1.165) is 44.9 Å². The van der Waals surface area contributed by atoms with Gasteiger partial charge in [0.1, 0.15) is 30.5 Å². The molecule has 6 unspecified atom stereocenters. The monoisotopic (exact) mass is 786 g/mol. The molecule has 1 heterocycles. The van der Waals surface area contributed by atoms with Crippen LogP contribution in [0.3, 0.4) is 0 Å². The molecule has 1 aliphatic rings. The van der Waals surface area contributed by atoms with Crippen molar-refractivity contribution in [3.05, 3.63) is 60.8 Å². The molecule has 312 valence electrons. The van der Waals surface area contributed by atoms with E-state index in [4.69, 9.17) is 23.5 Å². The van der Waals surface area contributed by atoms with Gasteiger partial charge >= 0.3 is 16.4 Å². The summed E-state index contributed by atoms with van der Waals surface area (Å²) in [5, 5.41) is 30.5. The SMILES string of the molecule is CC/C=C\C/C=C\C/C=C\C/C=C\C/C=C\CC(=O)OC(COCCCCCCCCCCCCCC)COC1OC(CO)C(O)C(OS(=O)(=O)O)C1O. The Bertz CT molecular complexity index is 1180. The van der Waals surface area contributed by atoms with Gasteiger partial charge in [0.05, 0.1) is 26.2 Å². The van der Waals surface area contributed by atoms with E-state index in [1.807, 2.05) is 12.2 Å². The van der Waals surface area contributed by atoms with Crippen LogP contribution < -0.4 is 0 Å². The first-order valence-electron chi connectivity index (χ1n) is 20.0. The maximum absolute atomic E-state index is 12.7. The van der Waals surface area contributed by atoms with Gasteiger partial charge in [-0.1, -0.05) is 145 Å². The molecule has 0 aromatic heterocycles. The molecule has 0 aromatic rings. The number of carbonyl (C=O) groups excluding carboxylic acids is 1. The molecule has 1 saturated heterocycles. The van der Waals surface area contributed by atoms with Crippen LogP contribution in [0.4, 0.5) is 0 Å². The molecule has 1 aliphatic heterocycles. The van der Waals surface area contributed by atoms with Crippen LogP contribution in [0.1, 0.15) is 129 Å². The van der Waals surface area contributed by atoms with Gasteiger partial charge in [-0.05, 0) is 38.5 Å². The summed E-state index contributed by atoms with van der Waals surface area (Å²) in [5.41, 5.74) is 0. The van der Waals surface area contributed by atoms with Crippen molar-refractivity contribution in [2.75, 3.05) is 26.4 Å². The van der Waals surface area contributed by atoms with Gasteiger partial charge in [-0.25, -0.2) is 4.18 Å². The third kappa shape index (κ3) is 26.6. The lowest BCUT2D eigenvalue weighted by Crippen LogP contribution is -2.60. The number of aliphatic hydroxyl groups excluding tert-OH is 3. The summed E-state index contributed by atoms with van der Waals surface area (Å²) in [6.45, 7) is 3.72. The summed E-state index contributed by atoms with van der Waals surface area (Å²) in [4.78, 5) is 12.7. The highest BCUT2D eigenvalue weighted by Crippen LogP contribution is 2.26. The quantitative estimate of drug-likeness (QED) is 0.0225. The molecule has 4 N–H and O–H groups in total. The Balaban J connectivity index is 2.57. The van der Waals surface area contributed by atoms with Crippen LogP contribution >= 0.6 is 0 Å². The van der Waals surface area contributed by atoms with Crippen molar-refractivity contribution < 1.29 is 56.2 Å². The van der Waals surface area contributed by atoms with Crippen LogP contribution in [-0.4, -0.2) is 97.5 Å². The molecule has 54 heavy (non-hydrogen) atoms. The van der Waals surface area contributed by atoms with Crippen molar-refractivity contribution in [1.29, 1.82) is 0 Å². The molecule has 0 bridgehead atoms. The van der Waals surface area contributed by atoms with Gasteiger partial charge in [0.25, 0.3) is 0 Å². The third-order valence-corrected chi connectivity index (χ3v) is 9.15. The molecule has 0 aromatic carbocycles. The summed E-state index contributed by atoms with van der Waals surface area (Å²) in [6, 6.07) is 0. The fourth-order valence-corrected chi connectivity index (χ4v) is 6.20. The molecule has 0 amide bonds. The predicted octanol–water partition coefficient (Wildman–Crippen LogP) is 7.40. The molecule has 1 rings (SSSR count). The smallest absolute Gasteiger partial charge is 0.397 e. The minimum absolute atomic E-state index is 0.00471. The zero-order valence-corrected chi connectivity index (χ0v) is 33.6. The van der Waals surface area contributed by atoms with E-state index in [2.05, 4.69) is 60.6 Å². The molecular weight excluding hydrogens is 717 g/mol. The molecule has 1 fully saturated rings. The number of hydrogen-bond acceptors (Lipinski definition) is 11. The highest BCUT2D eigenvalue weighted by Gasteiger charge is 2.48. The maximum Gasteiger partial charge on any atom is 0.397 e. The number of allylic oxidation sites excluding steroid dienone is 9. The lowest BCUT2D eigenvalue weighted by atomic mass is 9.99. The van der Waals surface area contributed by atoms with Crippen molar-refractivity contribution in [3.63, 3.8) is 0 Å². The van der Waals surface area contributed by atoms with Crippen LogP contribution in [-0.2, 0) is 38.3 Å². The van der Waals surface area contributed by atoms with Crippen molar-refractivity contribution in [2.24, 2.45) is 0 Å². The average molecular weight is 787 g/mol. The number of aliphatic hydroxyl groups is 3. The Hall–Kier alpha value is -2.20. The molecule has 0 aliphatic carbocycles. The minimum atomic E-state index is -5.07. The summed E-state index contributed by atoms with van der Waals surface area (Å²) in [5.74, 6) is -0.527. The van der Waals surface area contributed by atoms with Crippen molar-refractivity contribution >= 4 is 16.4 Å². The first-order valence-corrected chi connectivity index (χ1v) is 21.4. The van der Waals surface area contributed by atoms with Gasteiger partial charge < -0.3 is 34.3 Å². The highest BCUT2D eigenvalue weighted by molar-refractivity contribution is 7.80. The van der Waals surface area contributed by atoms with E-state index in [1.54, 1.807) is 6.08 Å². The number of ether oxygens (including phenoxy) is 4. The fourth-order valence-electron chi connectivity index (χ4n) is 5.69. The molecular formula is C41H70O12S. The first kappa shape index (κ1) is 49.8. The second kappa shape index (κ2) is 33.0. The Kier molecular flexibility index (Phi) is 30.4. The van der Waals surface area contributed by atoms with E-state index in [9.17, 15) is 28.5 Å². The van der Waals surface area contributed by atoms with Crippen LogP contribution in [0.25, 0.3) is 0 Å². The molecule has 0 spiro atoms. The first-order chi connectivity index (χ1) is 26.1. The summed E-state index contributed by atoms with van der Waals surface area (Å²) in [7, 11) is -5.07. The van der Waals surface area contributed by atoms with Crippen molar-refractivity contribution in [2.45, 2.75) is 166 Å². The van der Waals surface area contributed by atoms with Crippen LogP contribution in [0.2, 0.25) is 0 Å². The second-order valence-corrected chi connectivity index (χ2v) is 14.6. The summed E-state index contributed by atoms with van der Waals surface area (Å²) in [6.07, 6.45) is 30.0. The van der Waals surface area contributed by atoms with Crippen LogP contribution in [0, 0.1) is 0 Å². The Morgan fingerprint density at radius 2 is 1.20 bits per heavy atom. The largest absolute Gasteiger partial charge is 0.457 e. The topological polar surface area (TPSA) is 178 Å². The molecule has 0 radical (unpaired) electrons. The zero-order valence-electron chi connectivity index (χ0n) is 32.8. The molecule has 6 atom stereocenters. The Labute approximate surface area is 325 Å². The zero-order chi connectivity index (χ0) is 39.7. The molecule has 0 saturated carbocycles. The van der Waals surface area contributed by atoms with E-state index >= 15 is 0 Å². The standard InChI is InChI=1S/C41H70O12S/c1-3-5-7-9-11-13-15-17-18-19-20-22-24-26-28-30-37(43)51-35(33-49-31-29-27-25-23-21-16-14-12-10-8-6-4-2)34-50-41-39(45)40(53-54(46,47)48)38(44)36(32-42)52-41/h5,7,11,13,17-18,20,22,26,28,35-36,38-42,44-45H,3-4,6,8-10,12,14-16,19,21,23-25,27,29-34H2,1-2H3,(H,46,47,48)/b7-5-,13-11-,18-17-,22-20-,28-26-. The number of hydrogen-bond donors (Lipinski definition) is 4. The molecule has 12 nitrogen and oxygen atoms in total. The lowest BCUT2D eigenvalue weighted by Gasteiger charge is -2.41. The maximum atomic E-state index is 12.7.